The second kappa shape index (κ2) is 7.32. The van der Waals surface area contributed by atoms with Gasteiger partial charge in [-0.1, -0.05) is 72.3 Å². The number of para-hydroxylation sites is 1. The number of rotatable bonds is 3. The summed E-state index contributed by atoms with van der Waals surface area (Å²) in [4.78, 5) is 38.7. The van der Waals surface area contributed by atoms with Crippen LogP contribution in [0.3, 0.4) is 0 Å². The lowest BCUT2D eigenvalue weighted by Crippen LogP contribution is -2.57. The van der Waals surface area contributed by atoms with Crippen molar-refractivity contribution in [2.24, 2.45) is 11.8 Å². The first-order valence-corrected chi connectivity index (χ1v) is 11.9. The Morgan fingerprint density at radius 2 is 1.18 bits per heavy atom. The molecule has 1 saturated heterocycles. The lowest BCUT2D eigenvalue weighted by molar-refractivity contribution is -0.142. The van der Waals surface area contributed by atoms with Gasteiger partial charge in [0.1, 0.15) is 16.3 Å². The van der Waals surface area contributed by atoms with Gasteiger partial charge in [0.15, 0.2) is 0 Å². The minimum absolute atomic E-state index is 0.354. The molecular formula is C26H17Cl3N2O3. The molecule has 0 aromatic heterocycles. The summed E-state index contributed by atoms with van der Waals surface area (Å²) in [7, 11) is 0. The number of amides is 3. The van der Waals surface area contributed by atoms with E-state index >= 15 is 0 Å². The molecule has 5 nitrogen and oxygen atoms in total. The van der Waals surface area contributed by atoms with Crippen molar-refractivity contribution < 1.29 is 14.4 Å². The fourth-order valence-corrected chi connectivity index (χ4v) is 7.06. The number of benzene rings is 3. The number of likely N-dealkylation sites (tertiary alicyclic amines) is 1. The van der Waals surface area contributed by atoms with E-state index in [-0.39, 0.29) is 0 Å². The Balaban J connectivity index is 1.43. The summed E-state index contributed by atoms with van der Waals surface area (Å²) in [5, 5.41) is 3.02. The van der Waals surface area contributed by atoms with E-state index < -0.39 is 45.9 Å². The normalized spacial score (nSPS) is 28.4. The van der Waals surface area contributed by atoms with E-state index in [2.05, 4.69) is 5.32 Å². The average Bonchev–Trinajstić information content (AvgIpc) is 3.10. The van der Waals surface area contributed by atoms with E-state index in [1.54, 1.807) is 24.3 Å². The first-order chi connectivity index (χ1) is 16.3. The van der Waals surface area contributed by atoms with E-state index in [9.17, 15) is 14.4 Å². The molecule has 0 spiro atoms. The van der Waals surface area contributed by atoms with Crippen molar-refractivity contribution in [3.63, 3.8) is 0 Å². The van der Waals surface area contributed by atoms with Gasteiger partial charge in [0.25, 0.3) is 0 Å². The van der Waals surface area contributed by atoms with Crippen molar-refractivity contribution in [3.05, 3.63) is 100 Å². The maximum Gasteiger partial charge on any atom is 0.244 e. The minimum atomic E-state index is -1.27. The van der Waals surface area contributed by atoms with E-state index in [0.717, 1.165) is 27.2 Å². The molecule has 0 radical (unpaired) electrons. The fourth-order valence-electron chi connectivity index (χ4n) is 5.78. The van der Waals surface area contributed by atoms with Crippen molar-refractivity contribution >= 4 is 58.2 Å². The van der Waals surface area contributed by atoms with Crippen LogP contribution in [-0.2, 0) is 24.1 Å². The van der Waals surface area contributed by atoms with Crippen LogP contribution < -0.4 is 5.32 Å². The summed E-state index contributed by atoms with van der Waals surface area (Å²) in [5.74, 6) is -3.42. The fraction of sp³-hybridized carbons (Fsp3) is 0.192. The summed E-state index contributed by atoms with van der Waals surface area (Å²) in [6, 6.07) is 21.5. The highest BCUT2D eigenvalue weighted by Gasteiger charge is 2.73. The number of anilines is 1. The molecule has 2 atom stereocenters. The molecular weight excluding hydrogens is 495 g/mol. The molecule has 8 heteroatoms. The van der Waals surface area contributed by atoms with E-state index in [0.29, 0.717) is 10.7 Å². The highest BCUT2D eigenvalue weighted by molar-refractivity contribution is 6.36. The van der Waals surface area contributed by atoms with Crippen LogP contribution in [0.4, 0.5) is 5.69 Å². The first-order valence-electron chi connectivity index (χ1n) is 10.8. The third kappa shape index (κ3) is 2.60. The van der Waals surface area contributed by atoms with Crippen LogP contribution in [-0.4, -0.2) is 29.2 Å². The molecule has 3 aromatic rings. The summed E-state index contributed by atoms with van der Waals surface area (Å²) in [5.41, 5.74) is 3.27. The van der Waals surface area contributed by atoms with Crippen molar-refractivity contribution in [2.75, 3.05) is 11.9 Å². The average molecular weight is 512 g/mol. The van der Waals surface area contributed by atoms with Crippen LogP contribution in [0.1, 0.15) is 22.3 Å². The van der Waals surface area contributed by atoms with Crippen LogP contribution in [0.2, 0.25) is 5.02 Å². The minimum Gasteiger partial charge on any atom is -0.323 e. The molecule has 2 bridgehead atoms. The van der Waals surface area contributed by atoms with E-state index in [1.165, 1.54) is 0 Å². The van der Waals surface area contributed by atoms with Crippen molar-refractivity contribution in [1.29, 1.82) is 0 Å². The standard InChI is InChI=1S/C26H17Cl3N2O3/c27-18-11-5-6-12-19(18)30-20(32)13-31-23(33)21-22(24(31)34)26(29)15-8-2-1-7-14(15)25(21,28)16-9-3-4-10-17(16)26/h1-12,21-22H,13H2,(H,30,32)/t21-,22+,25?,26?. The molecule has 7 rings (SSSR count). The quantitative estimate of drug-likeness (QED) is 0.403. The smallest absolute Gasteiger partial charge is 0.244 e. The zero-order chi connectivity index (χ0) is 23.8. The summed E-state index contributed by atoms with van der Waals surface area (Å²) in [6.45, 7) is -0.456. The van der Waals surface area contributed by atoms with E-state index in [4.69, 9.17) is 34.8 Å². The van der Waals surface area contributed by atoms with Gasteiger partial charge in [0, 0.05) is 0 Å². The molecule has 3 amide bonds. The monoisotopic (exact) mass is 510 g/mol. The van der Waals surface area contributed by atoms with Crippen LogP contribution in [0, 0.1) is 11.8 Å². The van der Waals surface area contributed by atoms with Gasteiger partial charge < -0.3 is 5.32 Å². The Morgan fingerprint density at radius 1 is 0.765 bits per heavy atom. The third-order valence-electron chi connectivity index (χ3n) is 7.13. The Hall–Kier alpha value is -2.86. The maximum absolute atomic E-state index is 13.7. The molecule has 0 unspecified atom stereocenters. The molecule has 1 N–H and O–H groups in total. The van der Waals surface area contributed by atoms with Gasteiger partial charge in [-0.2, -0.15) is 0 Å². The number of alkyl halides is 2. The summed E-state index contributed by atoms with van der Waals surface area (Å²) in [6.07, 6.45) is 0. The number of carbonyl (C=O) groups excluding carboxylic acids is 3. The summed E-state index contributed by atoms with van der Waals surface area (Å²) >= 11 is 20.8. The predicted octanol–water partition coefficient (Wildman–Crippen LogP) is 4.87. The number of imide groups is 1. The number of carbonyl (C=O) groups is 3. The number of halogens is 3. The molecule has 1 aliphatic heterocycles. The first kappa shape index (κ1) is 21.7. The molecule has 34 heavy (non-hydrogen) atoms. The second-order valence-corrected chi connectivity index (χ2v) is 10.4. The van der Waals surface area contributed by atoms with Crippen molar-refractivity contribution in [1.82, 2.24) is 4.90 Å². The largest absolute Gasteiger partial charge is 0.323 e. The zero-order valence-corrected chi connectivity index (χ0v) is 19.9. The van der Waals surface area contributed by atoms with Crippen LogP contribution in [0.5, 0.6) is 0 Å². The van der Waals surface area contributed by atoms with Gasteiger partial charge in [0.05, 0.1) is 22.5 Å². The molecule has 170 valence electrons. The van der Waals surface area contributed by atoms with Gasteiger partial charge in [-0.3, -0.25) is 19.3 Å². The van der Waals surface area contributed by atoms with Gasteiger partial charge in [-0.05, 0) is 34.4 Å². The van der Waals surface area contributed by atoms with Crippen LogP contribution in [0.15, 0.2) is 72.8 Å². The highest BCUT2D eigenvalue weighted by Crippen LogP contribution is 2.69. The number of hydrogen-bond donors (Lipinski definition) is 1. The molecule has 1 fully saturated rings. The predicted molar refractivity (Wildman–Crippen MR) is 130 cm³/mol. The molecule has 1 heterocycles. The molecule has 4 aliphatic rings. The Morgan fingerprint density at radius 3 is 1.62 bits per heavy atom. The highest BCUT2D eigenvalue weighted by atomic mass is 35.5. The molecule has 3 aliphatic carbocycles. The number of nitrogens with zero attached hydrogens (tertiary/aromatic N) is 1. The Kier molecular flexibility index (Phi) is 4.66. The van der Waals surface area contributed by atoms with Crippen LogP contribution in [0.25, 0.3) is 0 Å². The van der Waals surface area contributed by atoms with E-state index in [1.807, 2.05) is 48.5 Å². The number of nitrogens with one attached hydrogen (secondary N) is 1. The van der Waals surface area contributed by atoms with Crippen LogP contribution >= 0.6 is 34.8 Å². The van der Waals surface area contributed by atoms with Crippen molar-refractivity contribution in [2.45, 2.75) is 9.75 Å². The lowest BCUT2D eigenvalue weighted by Gasteiger charge is -2.54. The van der Waals surface area contributed by atoms with Gasteiger partial charge in [-0.25, -0.2) is 0 Å². The lowest BCUT2D eigenvalue weighted by atomic mass is 9.54. The maximum atomic E-state index is 13.7. The Bertz CT molecular complexity index is 1280. The summed E-state index contributed by atoms with van der Waals surface area (Å²) < 4.78 is 0. The molecule has 3 aromatic carbocycles. The second-order valence-electron chi connectivity index (χ2n) is 8.76. The topological polar surface area (TPSA) is 66.5 Å². The van der Waals surface area contributed by atoms with Gasteiger partial charge >= 0.3 is 0 Å². The van der Waals surface area contributed by atoms with Gasteiger partial charge in [-0.15, -0.1) is 23.2 Å². The zero-order valence-electron chi connectivity index (χ0n) is 17.6. The van der Waals surface area contributed by atoms with Crippen molar-refractivity contribution in [3.8, 4) is 0 Å². The third-order valence-corrected chi connectivity index (χ3v) is 8.74. The number of hydrogen-bond acceptors (Lipinski definition) is 3. The molecule has 0 saturated carbocycles. The van der Waals surface area contributed by atoms with Gasteiger partial charge in [0.2, 0.25) is 17.7 Å². The SMILES string of the molecule is O=C(CN1C(=O)[C@@H]2[C@H](C1=O)C1(Cl)c3ccccc3C2(Cl)c2ccccc21)Nc1ccccc1Cl. The Labute approximate surface area is 210 Å².